The molecule has 3 heterocycles. The minimum Gasteiger partial charge on any atom is -0.506 e. The molecule has 28 heavy (non-hydrogen) atoms. The van der Waals surface area contributed by atoms with Gasteiger partial charge in [-0.25, -0.2) is 4.85 Å². The Morgan fingerprint density at radius 1 is 1.14 bits per heavy atom. The number of pyridine rings is 2. The second-order valence-electron chi connectivity index (χ2n) is 6.46. The van der Waals surface area contributed by atoms with Crippen LogP contribution in [-0.2, 0) is 0 Å². The number of piperazine rings is 1. The Kier molecular flexibility index (Phi) is 4.41. The van der Waals surface area contributed by atoms with Crippen LogP contribution in [0.5, 0.6) is 5.75 Å². The second kappa shape index (κ2) is 7.04. The number of nitrogens with one attached hydrogen (secondary N) is 1. The zero-order valence-electron chi connectivity index (χ0n) is 14.9. The van der Waals surface area contributed by atoms with Crippen molar-refractivity contribution in [2.75, 3.05) is 31.1 Å². The van der Waals surface area contributed by atoms with Gasteiger partial charge in [0.15, 0.2) is 0 Å². The molecule has 4 rings (SSSR count). The number of carbonyl (C=O) groups excluding carboxylic acids is 1. The molecule has 1 saturated heterocycles. The number of benzene rings is 1. The summed E-state index contributed by atoms with van der Waals surface area (Å²) in [5.74, 6) is -0.210. The van der Waals surface area contributed by atoms with Crippen LogP contribution in [-0.4, -0.2) is 52.1 Å². The van der Waals surface area contributed by atoms with Gasteiger partial charge in [0.1, 0.15) is 17.1 Å². The molecule has 1 amide bonds. The van der Waals surface area contributed by atoms with Crippen LogP contribution in [0.2, 0.25) is 0 Å². The highest BCUT2D eigenvalue weighted by Crippen LogP contribution is 2.28. The minimum atomic E-state index is -0.608. The summed E-state index contributed by atoms with van der Waals surface area (Å²) in [6.07, 6.45) is 1.63. The van der Waals surface area contributed by atoms with E-state index in [-0.39, 0.29) is 11.3 Å². The number of nitrogens with zero attached hydrogens (tertiary/aromatic N) is 4. The number of anilines is 1. The maximum absolute atomic E-state index is 12.9. The number of H-pyrrole nitrogens is 1. The first kappa shape index (κ1) is 17.5. The molecule has 0 radical (unpaired) electrons. The maximum atomic E-state index is 12.9. The number of aromatic amines is 1. The van der Waals surface area contributed by atoms with Crippen LogP contribution in [0.15, 0.2) is 47.4 Å². The van der Waals surface area contributed by atoms with Gasteiger partial charge >= 0.3 is 0 Å². The van der Waals surface area contributed by atoms with Crippen LogP contribution in [0.25, 0.3) is 15.7 Å². The van der Waals surface area contributed by atoms with Crippen molar-refractivity contribution < 1.29 is 9.90 Å². The monoisotopic (exact) mass is 375 g/mol. The Morgan fingerprint density at radius 3 is 2.64 bits per heavy atom. The molecule has 0 bridgehead atoms. The van der Waals surface area contributed by atoms with E-state index in [0.717, 1.165) is 0 Å². The molecule has 0 aliphatic carbocycles. The highest BCUT2D eigenvalue weighted by atomic mass is 16.3. The average Bonchev–Trinajstić information content (AvgIpc) is 2.73. The summed E-state index contributed by atoms with van der Waals surface area (Å²) in [6.45, 7) is 8.95. The van der Waals surface area contributed by atoms with Gasteiger partial charge in [0, 0.05) is 37.8 Å². The molecular formula is C20H17N5O3. The molecule has 8 nitrogen and oxygen atoms in total. The summed E-state index contributed by atoms with van der Waals surface area (Å²) in [5, 5.41) is 10.9. The van der Waals surface area contributed by atoms with E-state index in [2.05, 4.69) is 14.8 Å². The van der Waals surface area contributed by atoms with Crippen LogP contribution in [0.4, 0.5) is 11.5 Å². The van der Waals surface area contributed by atoms with Crippen molar-refractivity contribution in [1.82, 2.24) is 14.9 Å². The summed E-state index contributed by atoms with van der Waals surface area (Å²) < 4.78 is 0. The lowest BCUT2D eigenvalue weighted by Gasteiger charge is -2.35. The second-order valence-corrected chi connectivity index (χ2v) is 6.46. The Morgan fingerprint density at radius 2 is 1.89 bits per heavy atom. The van der Waals surface area contributed by atoms with E-state index >= 15 is 0 Å². The predicted octanol–water partition coefficient (Wildman–Crippen LogP) is 2.14. The summed E-state index contributed by atoms with van der Waals surface area (Å²) >= 11 is 0. The van der Waals surface area contributed by atoms with Gasteiger partial charge in [-0.15, -0.1) is 0 Å². The molecule has 140 valence electrons. The van der Waals surface area contributed by atoms with Crippen molar-refractivity contribution >= 4 is 28.3 Å². The number of carbonyl (C=O) groups is 1. The molecule has 8 heteroatoms. The highest BCUT2D eigenvalue weighted by molar-refractivity contribution is 6.02. The van der Waals surface area contributed by atoms with Crippen molar-refractivity contribution in [3.05, 3.63) is 69.9 Å². The van der Waals surface area contributed by atoms with E-state index in [9.17, 15) is 14.7 Å². The third-order valence-corrected chi connectivity index (χ3v) is 4.86. The summed E-state index contributed by atoms with van der Waals surface area (Å²) in [4.78, 5) is 39.2. The number of hydrogen-bond acceptors (Lipinski definition) is 5. The van der Waals surface area contributed by atoms with Gasteiger partial charge in [-0.1, -0.05) is 24.3 Å². The number of rotatable bonds is 2. The van der Waals surface area contributed by atoms with Gasteiger partial charge in [0.05, 0.1) is 12.1 Å². The zero-order valence-corrected chi connectivity index (χ0v) is 14.9. The molecule has 2 N–H and O–H groups in total. The lowest BCUT2D eigenvalue weighted by Crippen LogP contribution is -2.49. The molecule has 1 aliphatic rings. The summed E-state index contributed by atoms with van der Waals surface area (Å²) in [5.41, 5.74) is 0.0922. The quantitative estimate of drug-likeness (QED) is 0.670. The lowest BCUT2D eigenvalue weighted by atomic mass is 10.1. The van der Waals surface area contributed by atoms with E-state index in [1.807, 2.05) is 4.90 Å². The number of para-hydroxylation sites is 1. The molecule has 1 aromatic carbocycles. The van der Waals surface area contributed by atoms with Gasteiger partial charge < -0.3 is 19.9 Å². The number of amides is 1. The Bertz CT molecular complexity index is 1160. The SMILES string of the molecule is [C-]#[N+]c1cccnc1N1CCN(C(=O)c2c(O)c3ccccc3[nH]c2=O)CC1. The molecule has 3 aromatic rings. The Hall–Kier alpha value is -3.86. The summed E-state index contributed by atoms with van der Waals surface area (Å²) in [7, 11) is 0. The van der Waals surface area contributed by atoms with Crippen molar-refractivity contribution in [2.45, 2.75) is 0 Å². The van der Waals surface area contributed by atoms with Crippen molar-refractivity contribution in [1.29, 1.82) is 0 Å². The van der Waals surface area contributed by atoms with Crippen molar-refractivity contribution in [3.8, 4) is 5.75 Å². The standard InChI is InChI=1S/C20H17N5O3/c1-21-15-7-4-8-22-18(15)24-9-11-25(12-10-24)20(28)16-17(26)13-5-2-3-6-14(13)23-19(16)27/h2-8H,9-12H2,(H2,23,26,27). The number of hydrogen-bond donors (Lipinski definition) is 2. The molecule has 0 spiro atoms. The zero-order chi connectivity index (χ0) is 19.7. The largest absolute Gasteiger partial charge is 0.506 e. The first-order valence-corrected chi connectivity index (χ1v) is 8.81. The third kappa shape index (κ3) is 2.93. The van der Waals surface area contributed by atoms with E-state index in [0.29, 0.717) is 48.6 Å². The van der Waals surface area contributed by atoms with Gasteiger partial charge in [0.25, 0.3) is 11.5 Å². The van der Waals surface area contributed by atoms with E-state index < -0.39 is 11.5 Å². The maximum Gasteiger partial charge on any atom is 0.265 e. The van der Waals surface area contributed by atoms with Crippen LogP contribution in [0, 0.1) is 6.57 Å². The molecule has 0 saturated carbocycles. The van der Waals surface area contributed by atoms with Crippen LogP contribution in [0.3, 0.4) is 0 Å². The van der Waals surface area contributed by atoms with Gasteiger partial charge in [-0.3, -0.25) is 14.6 Å². The van der Waals surface area contributed by atoms with Gasteiger partial charge in [-0.05, 0) is 12.1 Å². The predicted molar refractivity (Wildman–Crippen MR) is 105 cm³/mol. The lowest BCUT2D eigenvalue weighted by molar-refractivity contribution is 0.0742. The normalized spacial score (nSPS) is 14.1. The van der Waals surface area contributed by atoms with Crippen molar-refractivity contribution in [2.24, 2.45) is 0 Å². The average molecular weight is 375 g/mol. The summed E-state index contributed by atoms with van der Waals surface area (Å²) in [6, 6.07) is 10.2. The molecule has 0 unspecified atom stereocenters. The molecular weight excluding hydrogens is 358 g/mol. The molecule has 1 fully saturated rings. The number of aromatic nitrogens is 2. The van der Waals surface area contributed by atoms with E-state index in [4.69, 9.17) is 6.57 Å². The fourth-order valence-corrected chi connectivity index (χ4v) is 3.42. The van der Waals surface area contributed by atoms with E-state index in [1.165, 1.54) is 4.90 Å². The Labute approximate surface area is 160 Å². The first-order chi connectivity index (χ1) is 13.6. The minimum absolute atomic E-state index is 0.244. The van der Waals surface area contributed by atoms with Crippen LogP contribution < -0.4 is 10.5 Å². The fourth-order valence-electron chi connectivity index (χ4n) is 3.42. The van der Waals surface area contributed by atoms with Crippen LogP contribution in [0.1, 0.15) is 10.4 Å². The number of fused-ring (bicyclic) bond motifs is 1. The molecule has 2 aromatic heterocycles. The topological polar surface area (TPSA) is 93.9 Å². The fraction of sp³-hybridized carbons (Fsp3) is 0.200. The van der Waals surface area contributed by atoms with Gasteiger partial charge in [-0.2, -0.15) is 0 Å². The molecule has 1 aliphatic heterocycles. The van der Waals surface area contributed by atoms with E-state index in [1.54, 1.807) is 42.6 Å². The molecule has 0 atom stereocenters. The Balaban J connectivity index is 1.58. The third-order valence-electron chi connectivity index (χ3n) is 4.86. The van der Waals surface area contributed by atoms with Crippen LogP contribution >= 0.6 is 0 Å². The first-order valence-electron chi connectivity index (χ1n) is 8.81. The van der Waals surface area contributed by atoms with Gasteiger partial charge in [0.2, 0.25) is 5.69 Å². The highest BCUT2D eigenvalue weighted by Gasteiger charge is 2.28. The number of aromatic hydroxyl groups is 1. The van der Waals surface area contributed by atoms with Crippen molar-refractivity contribution in [3.63, 3.8) is 0 Å². The smallest absolute Gasteiger partial charge is 0.265 e.